The summed E-state index contributed by atoms with van der Waals surface area (Å²) in [4.78, 5) is 0. The van der Waals surface area contributed by atoms with Gasteiger partial charge in [-0.1, -0.05) is 35.9 Å². The van der Waals surface area contributed by atoms with Crippen LogP contribution in [0.1, 0.15) is 12.5 Å². The van der Waals surface area contributed by atoms with E-state index in [-0.39, 0.29) is 6.10 Å². The molecular weight excluding hydrogens is 286 g/mol. The minimum absolute atomic E-state index is 0.0446. The van der Waals surface area contributed by atoms with Crippen molar-refractivity contribution in [2.45, 2.75) is 19.6 Å². The fourth-order valence-corrected chi connectivity index (χ4v) is 2.14. The minimum Gasteiger partial charge on any atom is -0.497 e. The molecule has 0 radical (unpaired) electrons. The number of ether oxygens (including phenoxy) is 2. The van der Waals surface area contributed by atoms with E-state index in [1.807, 2.05) is 55.5 Å². The molecule has 0 saturated carbocycles. The monoisotopic (exact) mass is 305 g/mol. The van der Waals surface area contributed by atoms with Gasteiger partial charge in [-0.05, 0) is 36.8 Å². The zero-order valence-corrected chi connectivity index (χ0v) is 13.1. The van der Waals surface area contributed by atoms with Gasteiger partial charge in [-0.3, -0.25) is 0 Å². The summed E-state index contributed by atoms with van der Waals surface area (Å²) < 4.78 is 10.9. The smallest absolute Gasteiger partial charge is 0.138 e. The lowest BCUT2D eigenvalue weighted by atomic mass is 10.2. The summed E-state index contributed by atoms with van der Waals surface area (Å²) in [5, 5.41) is 4.01. The van der Waals surface area contributed by atoms with Crippen molar-refractivity contribution in [2.24, 2.45) is 0 Å². The molecule has 0 heterocycles. The average molecular weight is 306 g/mol. The first-order valence-electron chi connectivity index (χ1n) is 6.94. The molecule has 0 saturated heterocycles. The largest absolute Gasteiger partial charge is 0.497 e. The van der Waals surface area contributed by atoms with Crippen LogP contribution in [0, 0.1) is 0 Å². The maximum atomic E-state index is 6.07. The molecule has 3 nitrogen and oxygen atoms in total. The van der Waals surface area contributed by atoms with E-state index in [0.29, 0.717) is 5.02 Å². The second kappa shape index (κ2) is 7.91. The summed E-state index contributed by atoms with van der Waals surface area (Å²) in [5.41, 5.74) is 1.21. The van der Waals surface area contributed by atoms with Crippen molar-refractivity contribution in [2.75, 3.05) is 13.7 Å². The number of hydrogen-bond acceptors (Lipinski definition) is 3. The summed E-state index contributed by atoms with van der Waals surface area (Å²) in [6.45, 7) is 3.56. The van der Waals surface area contributed by atoms with Gasteiger partial charge >= 0.3 is 0 Å². The Morgan fingerprint density at radius 2 is 1.81 bits per heavy atom. The molecule has 2 aromatic rings. The molecule has 0 fully saturated rings. The van der Waals surface area contributed by atoms with E-state index in [1.165, 1.54) is 5.56 Å². The molecule has 1 N–H and O–H groups in total. The fourth-order valence-electron chi connectivity index (χ4n) is 1.96. The lowest BCUT2D eigenvalue weighted by molar-refractivity contribution is 0.217. The first-order chi connectivity index (χ1) is 10.2. The van der Waals surface area contributed by atoms with Gasteiger partial charge in [-0.15, -0.1) is 0 Å². The summed E-state index contributed by atoms with van der Waals surface area (Å²) in [7, 11) is 1.67. The Morgan fingerprint density at radius 1 is 1.10 bits per heavy atom. The molecular formula is C17H20ClNO2. The SMILES string of the molecule is COc1ccc(CNCC(C)Oc2ccccc2Cl)cc1. The number of methoxy groups -OCH3 is 1. The fraction of sp³-hybridized carbons (Fsp3) is 0.294. The van der Waals surface area contributed by atoms with Crippen LogP contribution in [0.2, 0.25) is 5.02 Å². The van der Waals surface area contributed by atoms with Crippen molar-refractivity contribution in [3.8, 4) is 11.5 Å². The molecule has 0 aliphatic rings. The van der Waals surface area contributed by atoms with E-state index < -0.39 is 0 Å². The molecule has 0 bridgehead atoms. The van der Waals surface area contributed by atoms with E-state index >= 15 is 0 Å². The predicted molar refractivity (Wildman–Crippen MR) is 86.2 cm³/mol. The highest BCUT2D eigenvalue weighted by Gasteiger charge is 2.06. The lowest BCUT2D eigenvalue weighted by Crippen LogP contribution is -2.28. The van der Waals surface area contributed by atoms with Gasteiger partial charge in [0.1, 0.15) is 17.6 Å². The van der Waals surface area contributed by atoms with Crippen LogP contribution < -0.4 is 14.8 Å². The quantitative estimate of drug-likeness (QED) is 0.841. The topological polar surface area (TPSA) is 30.5 Å². The lowest BCUT2D eigenvalue weighted by Gasteiger charge is -2.16. The number of nitrogens with one attached hydrogen (secondary N) is 1. The van der Waals surface area contributed by atoms with E-state index in [2.05, 4.69) is 5.32 Å². The molecule has 0 aliphatic heterocycles. The van der Waals surface area contributed by atoms with Crippen LogP contribution in [0.4, 0.5) is 0 Å². The molecule has 2 rings (SSSR count). The van der Waals surface area contributed by atoms with E-state index in [4.69, 9.17) is 21.1 Å². The molecule has 1 atom stereocenters. The number of halogens is 1. The van der Waals surface area contributed by atoms with Crippen LogP contribution in [0.15, 0.2) is 48.5 Å². The molecule has 0 aromatic heterocycles. The van der Waals surface area contributed by atoms with Gasteiger partial charge < -0.3 is 14.8 Å². The first-order valence-corrected chi connectivity index (χ1v) is 7.31. The number of para-hydroxylation sites is 1. The van der Waals surface area contributed by atoms with Crippen LogP contribution in [0.5, 0.6) is 11.5 Å². The Hall–Kier alpha value is -1.71. The second-order valence-corrected chi connectivity index (χ2v) is 5.25. The highest BCUT2D eigenvalue weighted by atomic mass is 35.5. The van der Waals surface area contributed by atoms with E-state index in [0.717, 1.165) is 24.6 Å². The average Bonchev–Trinajstić information content (AvgIpc) is 2.50. The van der Waals surface area contributed by atoms with Gasteiger partial charge in [0.15, 0.2) is 0 Å². The normalized spacial score (nSPS) is 12.0. The molecule has 0 aliphatic carbocycles. The molecule has 112 valence electrons. The Labute approximate surface area is 130 Å². The van der Waals surface area contributed by atoms with Crippen LogP contribution >= 0.6 is 11.6 Å². The summed E-state index contributed by atoms with van der Waals surface area (Å²) >= 11 is 6.07. The zero-order chi connectivity index (χ0) is 15.1. The number of benzene rings is 2. The Balaban J connectivity index is 1.76. The van der Waals surface area contributed by atoms with Crippen molar-refractivity contribution in [1.29, 1.82) is 0 Å². The molecule has 0 amide bonds. The van der Waals surface area contributed by atoms with Crippen molar-refractivity contribution >= 4 is 11.6 Å². The van der Waals surface area contributed by atoms with Gasteiger partial charge in [-0.2, -0.15) is 0 Å². The first kappa shape index (κ1) is 15.7. The summed E-state index contributed by atoms with van der Waals surface area (Å²) in [6.07, 6.45) is 0.0446. The van der Waals surface area contributed by atoms with Gasteiger partial charge in [0, 0.05) is 13.1 Å². The third kappa shape index (κ3) is 4.96. The zero-order valence-electron chi connectivity index (χ0n) is 12.3. The van der Waals surface area contributed by atoms with Crippen molar-refractivity contribution in [3.05, 3.63) is 59.1 Å². The highest BCUT2D eigenvalue weighted by molar-refractivity contribution is 6.32. The van der Waals surface area contributed by atoms with E-state index in [9.17, 15) is 0 Å². The number of hydrogen-bond donors (Lipinski definition) is 1. The molecule has 21 heavy (non-hydrogen) atoms. The van der Waals surface area contributed by atoms with Gasteiger partial charge in [0.05, 0.1) is 12.1 Å². The van der Waals surface area contributed by atoms with E-state index in [1.54, 1.807) is 7.11 Å². The maximum Gasteiger partial charge on any atom is 0.138 e. The van der Waals surface area contributed by atoms with Crippen molar-refractivity contribution in [3.63, 3.8) is 0 Å². The molecule has 0 spiro atoms. The third-order valence-electron chi connectivity index (χ3n) is 3.08. The highest BCUT2D eigenvalue weighted by Crippen LogP contribution is 2.24. The van der Waals surface area contributed by atoms with Crippen LogP contribution in [0.3, 0.4) is 0 Å². The Kier molecular flexibility index (Phi) is 5.90. The van der Waals surface area contributed by atoms with Crippen molar-refractivity contribution < 1.29 is 9.47 Å². The van der Waals surface area contributed by atoms with Gasteiger partial charge in [0.25, 0.3) is 0 Å². The van der Waals surface area contributed by atoms with Crippen LogP contribution in [-0.4, -0.2) is 19.8 Å². The maximum absolute atomic E-state index is 6.07. The standard InChI is InChI=1S/C17H20ClNO2/c1-13(21-17-6-4-3-5-16(17)18)11-19-12-14-7-9-15(20-2)10-8-14/h3-10,13,19H,11-12H2,1-2H3. The van der Waals surface area contributed by atoms with Crippen molar-refractivity contribution in [1.82, 2.24) is 5.32 Å². The Morgan fingerprint density at radius 3 is 2.48 bits per heavy atom. The number of rotatable bonds is 7. The van der Waals surface area contributed by atoms with Crippen LogP contribution in [-0.2, 0) is 6.54 Å². The molecule has 1 unspecified atom stereocenters. The molecule has 2 aromatic carbocycles. The van der Waals surface area contributed by atoms with Crippen LogP contribution in [0.25, 0.3) is 0 Å². The van der Waals surface area contributed by atoms with Gasteiger partial charge in [-0.25, -0.2) is 0 Å². The predicted octanol–water partition coefficient (Wildman–Crippen LogP) is 3.91. The summed E-state index contributed by atoms with van der Waals surface area (Å²) in [5.74, 6) is 1.59. The second-order valence-electron chi connectivity index (χ2n) is 4.84. The molecule has 4 heteroatoms. The third-order valence-corrected chi connectivity index (χ3v) is 3.40. The summed E-state index contributed by atoms with van der Waals surface area (Å²) in [6, 6.07) is 15.5. The minimum atomic E-state index is 0.0446. The van der Waals surface area contributed by atoms with Gasteiger partial charge in [0.2, 0.25) is 0 Å². The Bertz CT molecular complexity index is 557.